The first-order chi connectivity index (χ1) is 12.7. The molecule has 2 aromatic heterocycles. The smallest absolute Gasteiger partial charge is 0.225 e. The van der Waals surface area contributed by atoms with Crippen LogP contribution < -0.4 is 4.90 Å². The summed E-state index contributed by atoms with van der Waals surface area (Å²) in [6, 6.07) is 3.07. The Morgan fingerprint density at radius 3 is 2.62 bits per heavy atom. The molecule has 1 atom stereocenters. The maximum Gasteiger partial charge on any atom is 0.225 e. The number of rotatable bonds is 2. The average molecular weight is 357 g/mol. The van der Waals surface area contributed by atoms with Crippen LogP contribution in [0, 0.1) is 5.82 Å². The van der Waals surface area contributed by atoms with E-state index in [4.69, 9.17) is 4.74 Å². The van der Waals surface area contributed by atoms with Gasteiger partial charge < -0.3 is 14.2 Å². The number of benzene rings is 1. The van der Waals surface area contributed by atoms with Crippen LogP contribution in [0.2, 0.25) is 0 Å². The number of alkyl halides is 1. The number of nitrogens with zero attached hydrogens (tertiary/aromatic N) is 5. The second kappa shape index (κ2) is 5.98. The molecule has 5 rings (SSSR count). The lowest BCUT2D eigenvalue weighted by Gasteiger charge is -2.26. The zero-order valence-corrected chi connectivity index (χ0v) is 14.0. The van der Waals surface area contributed by atoms with Crippen LogP contribution in [-0.2, 0) is 11.3 Å². The lowest BCUT2D eigenvalue weighted by Crippen LogP contribution is -2.37. The molecule has 26 heavy (non-hydrogen) atoms. The zero-order chi connectivity index (χ0) is 17.7. The van der Waals surface area contributed by atoms with Crippen LogP contribution in [0.1, 0.15) is 18.4 Å². The van der Waals surface area contributed by atoms with E-state index in [1.165, 1.54) is 6.07 Å². The van der Waals surface area contributed by atoms with Crippen LogP contribution in [-0.4, -0.2) is 45.8 Å². The normalized spacial score (nSPS) is 19.9. The number of imidazole rings is 1. The van der Waals surface area contributed by atoms with Crippen LogP contribution in [0.4, 0.5) is 14.7 Å². The van der Waals surface area contributed by atoms with E-state index in [2.05, 4.69) is 15.0 Å². The molecule has 3 aromatic rings. The maximum absolute atomic E-state index is 14.6. The van der Waals surface area contributed by atoms with Crippen molar-refractivity contribution in [2.45, 2.75) is 19.1 Å². The molecule has 0 spiro atoms. The topological polar surface area (TPSA) is 56.1 Å². The monoisotopic (exact) mass is 357 g/mol. The number of fused-ring (bicyclic) bond motifs is 3. The molecular weight excluding hydrogens is 340 g/mol. The average Bonchev–Trinajstić information content (AvgIpc) is 3.21. The van der Waals surface area contributed by atoms with E-state index in [-0.39, 0.29) is 0 Å². The fraction of sp³-hybridized carbons (Fsp3) is 0.389. The molecule has 4 heterocycles. The fourth-order valence-corrected chi connectivity index (χ4v) is 3.62. The standard InChI is InChI=1S/C18H17F2N5O/c19-13-1-2-25-16-7-12(14(20)8-15(16)23-17(13)25)11-9-21-18(22-10-11)24-3-5-26-6-4-24/h7-10,13H,1-6H2. The summed E-state index contributed by atoms with van der Waals surface area (Å²) in [7, 11) is 0. The van der Waals surface area contributed by atoms with Crippen LogP contribution in [0.15, 0.2) is 24.5 Å². The highest BCUT2D eigenvalue weighted by Gasteiger charge is 2.27. The summed E-state index contributed by atoms with van der Waals surface area (Å²) in [6.45, 7) is 3.35. The minimum absolute atomic E-state index is 0.385. The van der Waals surface area contributed by atoms with Gasteiger partial charge in [-0.15, -0.1) is 0 Å². The van der Waals surface area contributed by atoms with E-state index in [0.717, 1.165) is 18.6 Å². The Balaban J connectivity index is 1.53. The minimum atomic E-state index is -1.08. The first kappa shape index (κ1) is 15.6. The van der Waals surface area contributed by atoms with Crippen molar-refractivity contribution in [1.29, 1.82) is 0 Å². The number of ether oxygens (including phenoxy) is 1. The third-order valence-electron chi connectivity index (χ3n) is 5.00. The van der Waals surface area contributed by atoms with Gasteiger partial charge in [-0.1, -0.05) is 0 Å². The van der Waals surface area contributed by atoms with Gasteiger partial charge in [-0.2, -0.15) is 0 Å². The van der Waals surface area contributed by atoms with Crippen molar-refractivity contribution in [1.82, 2.24) is 19.5 Å². The predicted molar refractivity (Wildman–Crippen MR) is 92.2 cm³/mol. The molecule has 0 N–H and O–H groups in total. The molecule has 2 aliphatic heterocycles. The molecule has 134 valence electrons. The van der Waals surface area contributed by atoms with E-state index >= 15 is 0 Å². The number of hydrogen-bond acceptors (Lipinski definition) is 5. The number of hydrogen-bond donors (Lipinski definition) is 0. The van der Waals surface area contributed by atoms with E-state index in [0.29, 0.717) is 54.6 Å². The Kier molecular flexibility index (Phi) is 3.59. The second-order valence-corrected chi connectivity index (χ2v) is 6.57. The van der Waals surface area contributed by atoms with Gasteiger partial charge in [0.15, 0.2) is 6.17 Å². The van der Waals surface area contributed by atoms with E-state index in [9.17, 15) is 8.78 Å². The summed E-state index contributed by atoms with van der Waals surface area (Å²) < 4.78 is 35.6. The largest absolute Gasteiger partial charge is 0.378 e. The molecule has 0 saturated carbocycles. The third kappa shape index (κ3) is 2.44. The van der Waals surface area contributed by atoms with Crippen LogP contribution in [0.25, 0.3) is 22.2 Å². The molecule has 1 unspecified atom stereocenters. The molecule has 6 nitrogen and oxygen atoms in total. The van der Waals surface area contributed by atoms with Gasteiger partial charge in [0, 0.05) is 55.6 Å². The molecule has 2 aliphatic rings. The third-order valence-corrected chi connectivity index (χ3v) is 5.00. The van der Waals surface area contributed by atoms with E-state index in [1.807, 2.05) is 9.47 Å². The van der Waals surface area contributed by atoms with Gasteiger partial charge in [0.2, 0.25) is 5.95 Å². The minimum Gasteiger partial charge on any atom is -0.378 e. The highest BCUT2D eigenvalue weighted by Crippen LogP contribution is 2.35. The molecular formula is C18H17F2N5O. The summed E-state index contributed by atoms with van der Waals surface area (Å²) >= 11 is 0. The van der Waals surface area contributed by atoms with Crippen LogP contribution in [0.3, 0.4) is 0 Å². The number of aromatic nitrogens is 4. The molecule has 0 radical (unpaired) electrons. The Labute approximate surface area is 148 Å². The van der Waals surface area contributed by atoms with Crippen molar-refractivity contribution < 1.29 is 13.5 Å². The first-order valence-corrected chi connectivity index (χ1v) is 8.69. The van der Waals surface area contributed by atoms with Gasteiger partial charge >= 0.3 is 0 Å². The quantitative estimate of drug-likeness (QED) is 0.706. The zero-order valence-electron chi connectivity index (χ0n) is 14.0. The predicted octanol–water partition coefficient (Wildman–Crippen LogP) is 2.88. The molecule has 1 saturated heterocycles. The molecule has 1 fully saturated rings. The number of halogens is 2. The van der Waals surface area contributed by atoms with Crippen LogP contribution >= 0.6 is 0 Å². The van der Waals surface area contributed by atoms with Gasteiger partial charge in [0.25, 0.3) is 0 Å². The summed E-state index contributed by atoms with van der Waals surface area (Å²) in [6.07, 6.45) is 2.59. The Morgan fingerprint density at radius 1 is 1.08 bits per heavy atom. The summed E-state index contributed by atoms with van der Waals surface area (Å²) in [4.78, 5) is 15.0. The lowest BCUT2D eigenvalue weighted by molar-refractivity contribution is 0.122. The van der Waals surface area contributed by atoms with Gasteiger partial charge in [0.05, 0.1) is 24.2 Å². The lowest BCUT2D eigenvalue weighted by atomic mass is 10.1. The highest BCUT2D eigenvalue weighted by molar-refractivity contribution is 5.83. The van der Waals surface area contributed by atoms with E-state index < -0.39 is 12.0 Å². The number of morpholine rings is 1. The molecule has 8 heteroatoms. The van der Waals surface area contributed by atoms with Gasteiger partial charge in [0.1, 0.15) is 11.6 Å². The Hall–Kier alpha value is -2.61. The molecule has 0 amide bonds. The SMILES string of the molecule is Fc1cc2nc3n(c2cc1-c1cnc(N2CCOCC2)nc1)CCC3F. The Bertz CT molecular complexity index is 966. The molecule has 1 aromatic carbocycles. The van der Waals surface area contributed by atoms with Crippen molar-refractivity contribution in [3.05, 3.63) is 36.2 Å². The van der Waals surface area contributed by atoms with Gasteiger partial charge in [-0.25, -0.2) is 23.7 Å². The number of aryl methyl sites for hydroxylation is 1. The Morgan fingerprint density at radius 2 is 1.85 bits per heavy atom. The van der Waals surface area contributed by atoms with Crippen molar-refractivity contribution in [3.8, 4) is 11.1 Å². The van der Waals surface area contributed by atoms with E-state index in [1.54, 1.807) is 18.5 Å². The van der Waals surface area contributed by atoms with Gasteiger partial charge in [-0.05, 0) is 6.07 Å². The highest BCUT2D eigenvalue weighted by atomic mass is 19.1. The second-order valence-electron chi connectivity index (χ2n) is 6.57. The van der Waals surface area contributed by atoms with Crippen molar-refractivity contribution >= 4 is 17.0 Å². The number of anilines is 1. The fourth-order valence-electron chi connectivity index (χ4n) is 3.62. The first-order valence-electron chi connectivity index (χ1n) is 8.69. The maximum atomic E-state index is 14.6. The summed E-state index contributed by atoms with van der Waals surface area (Å²) in [5, 5.41) is 0. The summed E-state index contributed by atoms with van der Waals surface area (Å²) in [5.74, 6) is 0.590. The van der Waals surface area contributed by atoms with Crippen molar-refractivity contribution in [3.63, 3.8) is 0 Å². The van der Waals surface area contributed by atoms with Gasteiger partial charge in [-0.3, -0.25) is 0 Å². The molecule has 0 bridgehead atoms. The van der Waals surface area contributed by atoms with Crippen molar-refractivity contribution in [2.24, 2.45) is 0 Å². The van der Waals surface area contributed by atoms with Crippen LogP contribution in [0.5, 0.6) is 0 Å². The molecule has 0 aliphatic carbocycles. The summed E-state index contributed by atoms with van der Waals surface area (Å²) in [5.41, 5.74) is 2.21. The van der Waals surface area contributed by atoms with Crippen molar-refractivity contribution in [2.75, 3.05) is 31.2 Å².